The molecule has 1 saturated heterocycles. The van der Waals surface area contributed by atoms with E-state index in [4.69, 9.17) is 4.74 Å². The monoisotopic (exact) mass is 316 g/mol. The lowest BCUT2D eigenvalue weighted by Crippen LogP contribution is -2.44. The molecule has 0 saturated carbocycles. The fourth-order valence-corrected chi connectivity index (χ4v) is 2.67. The van der Waals surface area contributed by atoms with Gasteiger partial charge < -0.3 is 4.74 Å². The average Bonchev–Trinajstić information content (AvgIpc) is 2.72. The molecule has 0 N–H and O–H groups in total. The highest BCUT2D eigenvalue weighted by Gasteiger charge is 2.62. The summed E-state index contributed by atoms with van der Waals surface area (Å²) < 4.78 is 4.99. The molecule has 2 amide bonds. The Bertz CT molecular complexity index is 629. The Morgan fingerprint density at radius 3 is 2.48 bits per heavy atom. The molecule has 1 aliphatic rings. The number of allylic oxidation sites excluding steroid dienone is 1. The van der Waals surface area contributed by atoms with Crippen molar-refractivity contribution in [3.8, 4) is 0 Å². The summed E-state index contributed by atoms with van der Waals surface area (Å²) in [6, 6.07) is 9.26. The van der Waals surface area contributed by atoms with Gasteiger partial charge in [-0.05, 0) is 18.9 Å². The van der Waals surface area contributed by atoms with Crippen LogP contribution in [0.3, 0.4) is 0 Å². The number of carbonyl (C=O) groups is 3. The second-order valence-corrected chi connectivity index (χ2v) is 5.30. The molecule has 23 heavy (non-hydrogen) atoms. The minimum absolute atomic E-state index is 0.0842. The molecule has 2 rings (SSSR count). The Hall–Kier alpha value is -2.63. The molecule has 1 atom stereocenters. The van der Waals surface area contributed by atoms with Crippen LogP contribution in [0.4, 0.5) is 0 Å². The summed E-state index contributed by atoms with van der Waals surface area (Å²) in [6.45, 7) is 5.51. The first-order valence-corrected chi connectivity index (χ1v) is 7.41. The van der Waals surface area contributed by atoms with Crippen LogP contribution in [0.15, 0.2) is 43.0 Å². The van der Waals surface area contributed by atoms with Gasteiger partial charge in [0.05, 0.1) is 13.2 Å². The summed E-state index contributed by atoms with van der Waals surface area (Å²) in [5, 5.41) is 2.47. The first-order valence-electron chi connectivity index (χ1n) is 7.41. The van der Waals surface area contributed by atoms with Crippen LogP contribution in [0.25, 0.3) is 0 Å². The number of carbonyl (C=O) groups excluding carboxylic acids is 3. The molecule has 1 aromatic rings. The van der Waals surface area contributed by atoms with E-state index in [0.29, 0.717) is 0 Å². The van der Waals surface area contributed by atoms with Crippen LogP contribution >= 0.6 is 0 Å². The van der Waals surface area contributed by atoms with Crippen LogP contribution in [0, 0.1) is 5.41 Å². The molecule has 1 unspecified atom stereocenters. The van der Waals surface area contributed by atoms with Crippen LogP contribution in [0.2, 0.25) is 0 Å². The molecule has 6 heteroatoms. The lowest BCUT2D eigenvalue weighted by atomic mass is 9.83. The second-order valence-electron chi connectivity index (χ2n) is 5.30. The summed E-state index contributed by atoms with van der Waals surface area (Å²) >= 11 is 0. The fourth-order valence-electron chi connectivity index (χ4n) is 2.67. The summed E-state index contributed by atoms with van der Waals surface area (Å²) in [5.41, 5.74) is -1.000. The molecule has 0 aliphatic carbocycles. The quantitative estimate of drug-likeness (QED) is 0.453. The van der Waals surface area contributed by atoms with Crippen LogP contribution in [-0.2, 0) is 25.7 Å². The van der Waals surface area contributed by atoms with E-state index in [1.807, 2.05) is 30.3 Å². The fraction of sp³-hybridized carbons (Fsp3) is 0.353. The summed E-state index contributed by atoms with van der Waals surface area (Å²) in [7, 11) is 1.48. The minimum atomic E-state index is -1.86. The van der Waals surface area contributed by atoms with Crippen LogP contribution < -0.4 is 0 Å². The smallest absolute Gasteiger partial charge is 0.331 e. The number of rotatable bonds is 6. The summed E-state index contributed by atoms with van der Waals surface area (Å²) in [5.74, 6) is -1.98. The molecular formula is C17H20N2O4. The Labute approximate surface area is 135 Å². The molecule has 122 valence electrons. The van der Waals surface area contributed by atoms with E-state index in [2.05, 4.69) is 6.58 Å². The highest BCUT2D eigenvalue weighted by Crippen LogP contribution is 2.37. The molecule has 1 heterocycles. The van der Waals surface area contributed by atoms with E-state index < -0.39 is 23.2 Å². The van der Waals surface area contributed by atoms with Crippen molar-refractivity contribution in [1.29, 1.82) is 0 Å². The van der Waals surface area contributed by atoms with Gasteiger partial charge in [0, 0.05) is 7.05 Å². The van der Waals surface area contributed by atoms with Gasteiger partial charge in [0.2, 0.25) is 5.41 Å². The van der Waals surface area contributed by atoms with Gasteiger partial charge in [-0.3, -0.25) is 19.4 Å². The third kappa shape index (κ3) is 2.72. The molecule has 1 aromatic carbocycles. The zero-order valence-corrected chi connectivity index (χ0v) is 13.3. The van der Waals surface area contributed by atoms with Crippen molar-refractivity contribution < 1.29 is 19.1 Å². The maximum atomic E-state index is 12.9. The minimum Gasteiger partial charge on any atom is -0.465 e. The third-order valence-corrected chi connectivity index (χ3v) is 3.87. The lowest BCUT2D eigenvalue weighted by Gasteiger charge is -2.23. The maximum Gasteiger partial charge on any atom is 0.331 e. The van der Waals surface area contributed by atoms with Crippen molar-refractivity contribution in [2.45, 2.75) is 19.9 Å². The number of hydrogen-bond donors (Lipinski definition) is 0. The van der Waals surface area contributed by atoms with Crippen molar-refractivity contribution in [3.63, 3.8) is 0 Å². The van der Waals surface area contributed by atoms with E-state index in [0.717, 1.165) is 5.56 Å². The maximum absolute atomic E-state index is 12.9. The molecule has 1 aliphatic heterocycles. The van der Waals surface area contributed by atoms with E-state index in [-0.39, 0.29) is 19.6 Å². The topological polar surface area (TPSA) is 66.9 Å². The Kier molecular flexibility index (Phi) is 4.83. The molecule has 0 aromatic heterocycles. The predicted octanol–water partition coefficient (Wildman–Crippen LogP) is 1.53. The van der Waals surface area contributed by atoms with E-state index in [9.17, 15) is 14.4 Å². The standard InChI is InChI=1S/C17H20N2O4/c1-4-11-17(16(22)23-5-2)14(20)18(3)19(15(17)21)12-13-9-7-6-8-10-13/h4,6-10H,1,5,11-12H2,2-3H3. The molecule has 0 bridgehead atoms. The highest BCUT2D eigenvalue weighted by atomic mass is 16.5. The average molecular weight is 316 g/mol. The highest BCUT2D eigenvalue weighted by molar-refractivity contribution is 6.24. The number of ether oxygens (including phenoxy) is 1. The van der Waals surface area contributed by atoms with Crippen LogP contribution in [0.5, 0.6) is 0 Å². The van der Waals surface area contributed by atoms with Gasteiger partial charge in [0.25, 0.3) is 11.8 Å². The number of nitrogens with zero attached hydrogens (tertiary/aromatic N) is 2. The first kappa shape index (κ1) is 16.7. The van der Waals surface area contributed by atoms with Gasteiger partial charge in [-0.15, -0.1) is 6.58 Å². The van der Waals surface area contributed by atoms with Crippen molar-refractivity contribution in [3.05, 3.63) is 48.6 Å². The first-order chi connectivity index (χ1) is 11.0. The van der Waals surface area contributed by atoms with Gasteiger partial charge in [-0.25, -0.2) is 5.01 Å². The van der Waals surface area contributed by atoms with Gasteiger partial charge >= 0.3 is 5.97 Å². The largest absolute Gasteiger partial charge is 0.465 e. The van der Waals surface area contributed by atoms with Crippen molar-refractivity contribution in [2.24, 2.45) is 5.41 Å². The van der Waals surface area contributed by atoms with E-state index >= 15 is 0 Å². The van der Waals surface area contributed by atoms with E-state index in [1.54, 1.807) is 6.92 Å². The molecule has 0 spiro atoms. The van der Waals surface area contributed by atoms with Gasteiger partial charge in [0.15, 0.2) is 0 Å². The molecular weight excluding hydrogens is 296 g/mol. The number of hydrazine groups is 1. The number of hydrogen-bond acceptors (Lipinski definition) is 4. The van der Waals surface area contributed by atoms with Gasteiger partial charge in [0.1, 0.15) is 0 Å². The van der Waals surface area contributed by atoms with Gasteiger partial charge in [-0.1, -0.05) is 36.4 Å². The lowest BCUT2D eigenvalue weighted by molar-refractivity contribution is -0.163. The Balaban J connectivity index is 2.38. The zero-order valence-electron chi connectivity index (χ0n) is 13.3. The Morgan fingerprint density at radius 2 is 1.91 bits per heavy atom. The molecule has 6 nitrogen and oxygen atoms in total. The zero-order chi connectivity index (χ0) is 17.0. The third-order valence-electron chi connectivity index (χ3n) is 3.87. The number of esters is 1. The number of benzene rings is 1. The second kappa shape index (κ2) is 6.64. The SMILES string of the molecule is C=CCC1(C(=O)OCC)C(=O)N(C)N(Cc2ccccc2)C1=O. The predicted molar refractivity (Wildman–Crippen MR) is 83.6 cm³/mol. The Morgan fingerprint density at radius 1 is 1.26 bits per heavy atom. The van der Waals surface area contributed by atoms with Crippen LogP contribution in [-0.4, -0.2) is 41.5 Å². The van der Waals surface area contributed by atoms with Crippen molar-refractivity contribution in [1.82, 2.24) is 10.0 Å². The van der Waals surface area contributed by atoms with Crippen LogP contribution in [0.1, 0.15) is 18.9 Å². The normalized spacial score (nSPS) is 20.8. The summed E-state index contributed by atoms with van der Waals surface area (Å²) in [4.78, 5) is 37.9. The van der Waals surface area contributed by atoms with Crippen molar-refractivity contribution in [2.75, 3.05) is 13.7 Å². The van der Waals surface area contributed by atoms with Crippen molar-refractivity contribution >= 4 is 17.8 Å². The molecule has 1 fully saturated rings. The summed E-state index contributed by atoms with van der Waals surface area (Å²) in [6.07, 6.45) is 1.31. The number of amides is 2. The van der Waals surface area contributed by atoms with E-state index in [1.165, 1.54) is 23.1 Å². The van der Waals surface area contributed by atoms with Gasteiger partial charge in [-0.2, -0.15) is 0 Å². The molecule has 0 radical (unpaired) electrons.